The highest BCUT2D eigenvalue weighted by Crippen LogP contribution is 2.37. The molecule has 8 nitrogen and oxygen atoms in total. The minimum Gasteiger partial charge on any atom is -0.379 e. The molecule has 1 amide bonds. The number of carbonyl (C=O) groups is 1. The summed E-state index contributed by atoms with van der Waals surface area (Å²) in [4.78, 5) is 33.4. The molecule has 2 aliphatic rings. The lowest BCUT2D eigenvalue weighted by atomic mass is 10.00. The van der Waals surface area contributed by atoms with Crippen LogP contribution in [-0.4, -0.2) is 79.7 Å². The van der Waals surface area contributed by atoms with Gasteiger partial charge >= 0.3 is 6.18 Å². The maximum Gasteiger partial charge on any atom is 0.417 e. The van der Waals surface area contributed by atoms with E-state index in [2.05, 4.69) is 20.1 Å². The van der Waals surface area contributed by atoms with Crippen molar-refractivity contribution in [1.29, 1.82) is 0 Å². The molecule has 1 unspecified atom stereocenters. The first-order chi connectivity index (χ1) is 20.0. The van der Waals surface area contributed by atoms with E-state index in [1.54, 1.807) is 6.07 Å². The van der Waals surface area contributed by atoms with E-state index in [-0.39, 0.29) is 17.3 Å². The van der Waals surface area contributed by atoms with Crippen molar-refractivity contribution in [3.05, 3.63) is 81.5 Å². The van der Waals surface area contributed by atoms with Crippen LogP contribution in [-0.2, 0) is 17.5 Å². The number of nitrogens with one attached hydrogen (secondary N) is 2. The van der Waals surface area contributed by atoms with Crippen LogP contribution in [0.3, 0.4) is 0 Å². The smallest absolute Gasteiger partial charge is 0.379 e. The van der Waals surface area contributed by atoms with Crippen LogP contribution < -0.4 is 15.8 Å². The summed E-state index contributed by atoms with van der Waals surface area (Å²) >= 11 is 0. The Morgan fingerprint density at radius 1 is 1.10 bits per heavy atom. The van der Waals surface area contributed by atoms with E-state index in [4.69, 9.17) is 4.74 Å². The third-order valence-electron chi connectivity index (χ3n) is 7.86. The number of hydrogen-bond donors (Lipinski definition) is 2. The van der Waals surface area contributed by atoms with Crippen molar-refractivity contribution in [3.63, 3.8) is 0 Å². The molecule has 3 aromatic rings. The van der Waals surface area contributed by atoms with Gasteiger partial charge in [0.15, 0.2) is 0 Å². The molecule has 1 atom stereocenters. The first-order valence-corrected chi connectivity index (χ1v) is 13.8. The van der Waals surface area contributed by atoms with Crippen LogP contribution >= 0.6 is 0 Å². The van der Waals surface area contributed by atoms with Crippen molar-refractivity contribution in [2.24, 2.45) is 0 Å². The second kappa shape index (κ2) is 12.2. The maximum atomic E-state index is 15.8. The number of anilines is 2. The summed E-state index contributed by atoms with van der Waals surface area (Å²) in [5, 5.41) is 2.59. The normalized spacial score (nSPS) is 18.7. The quantitative estimate of drug-likeness (QED) is 0.416. The third-order valence-corrected chi connectivity index (χ3v) is 7.86. The minimum atomic E-state index is -4.93. The molecule has 2 aromatic carbocycles. The Labute approximate surface area is 240 Å². The van der Waals surface area contributed by atoms with Gasteiger partial charge in [0.2, 0.25) is 5.56 Å². The summed E-state index contributed by atoms with van der Waals surface area (Å²) in [6, 6.07) is 10.7. The average molecular weight is 588 g/mol. The number of morpholine rings is 1. The molecule has 2 aliphatic heterocycles. The zero-order chi connectivity index (χ0) is 30.0. The number of aromatic amines is 1. The molecule has 224 valence electrons. The fraction of sp³-hybridized carbons (Fsp3) is 0.400. The summed E-state index contributed by atoms with van der Waals surface area (Å²) in [5.41, 5.74) is -0.774. The molecule has 2 N–H and O–H groups in total. The summed E-state index contributed by atoms with van der Waals surface area (Å²) in [5.74, 6) is -1.58. The number of hydrogen-bond acceptors (Lipinski definition) is 6. The largest absolute Gasteiger partial charge is 0.417 e. The number of ether oxygens (including phenoxy) is 1. The van der Waals surface area contributed by atoms with Gasteiger partial charge in [-0.05, 0) is 43.3 Å². The minimum absolute atomic E-state index is 0.123. The monoisotopic (exact) mass is 587 g/mol. The molecule has 1 aromatic heterocycles. The van der Waals surface area contributed by atoms with E-state index in [0.717, 1.165) is 24.8 Å². The number of likely N-dealkylation sites (N-methyl/N-ethyl adjacent to an activating group) is 1. The van der Waals surface area contributed by atoms with E-state index in [9.17, 15) is 22.8 Å². The first kappa shape index (κ1) is 29.7. The number of alkyl halides is 3. The van der Waals surface area contributed by atoms with Crippen molar-refractivity contribution < 1.29 is 27.1 Å². The van der Waals surface area contributed by atoms with Gasteiger partial charge in [-0.25, -0.2) is 4.39 Å². The van der Waals surface area contributed by atoms with Crippen LogP contribution in [0.4, 0.5) is 28.9 Å². The lowest BCUT2D eigenvalue weighted by Gasteiger charge is -2.39. The van der Waals surface area contributed by atoms with Crippen molar-refractivity contribution in [3.8, 4) is 11.1 Å². The van der Waals surface area contributed by atoms with Crippen LogP contribution in [0.25, 0.3) is 11.1 Å². The Kier molecular flexibility index (Phi) is 8.67. The fourth-order valence-electron chi connectivity index (χ4n) is 5.35. The summed E-state index contributed by atoms with van der Waals surface area (Å²) in [6.07, 6.45) is -4.18. The fourth-order valence-corrected chi connectivity index (χ4v) is 5.35. The van der Waals surface area contributed by atoms with Crippen molar-refractivity contribution in [2.75, 3.05) is 63.2 Å². The molecule has 0 spiro atoms. The predicted octanol–water partition coefficient (Wildman–Crippen LogP) is 4.42. The van der Waals surface area contributed by atoms with Crippen molar-refractivity contribution in [2.45, 2.75) is 25.7 Å². The summed E-state index contributed by atoms with van der Waals surface area (Å²) < 4.78 is 62.4. The van der Waals surface area contributed by atoms with Gasteiger partial charge in [0.25, 0.3) is 5.91 Å². The zero-order valence-corrected chi connectivity index (χ0v) is 23.4. The molecule has 0 saturated carbocycles. The number of H-pyrrole nitrogens is 1. The van der Waals surface area contributed by atoms with Gasteiger partial charge in [0.1, 0.15) is 5.82 Å². The van der Waals surface area contributed by atoms with Gasteiger partial charge in [0.05, 0.1) is 35.7 Å². The summed E-state index contributed by atoms with van der Waals surface area (Å²) in [6.45, 7) is 7.29. The number of amides is 1. The summed E-state index contributed by atoms with van der Waals surface area (Å²) in [7, 11) is 1.98. The second-order valence-electron chi connectivity index (χ2n) is 10.8. The Morgan fingerprint density at radius 2 is 1.86 bits per heavy atom. The van der Waals surface area contributed by atoms with Crippen LogP contribution in [0, 0.1) is 5.82 Å². The molecule has 2 saturated heterocycles. The molecule has 0 radical (unpaired) electrons. The van der Waals surface area contributed by atoms with Gasteiger partial charge in [-0.3, -0.25) is 14.5 Å². The van der Waals surface area contributed by atoms with Crippen LogP contribution in [0.5, 0.6) is 0 Å². The molecule has 0 aliphatic carbocycles. The lowest BCUT2D eigenvalue weighted by molar-refractivity contribution is -0.138. The van der Waals surface area contributed by atoms with E-state index >= 15 is 4.39 Å². The number of benzene rings is 2. The van der Waals surface area contributed by atoms with E-state index in [1.165, 1.54) is 12.1 Å². The number of halogens is 4. The van der Waals surface area contributed by atoms with Crippen molar-refractivity contribution >= 4 is 17.3 Å². The van der Waals surface area contributed by atoms with E-state index in [0.29, 0.717) is 56.7 Å². The molecule has 5 rings (SSSR count). The predicted molar refractivity (Wildman–Crippen MR) is 152 cm³/mol. The van der Waals surface area contributed by atoms with Gasteiger partial charge in [-0.15, -0.1) is 0 Å². The lowest BCUT2D eigenvalue weighted by Crippen LogP contribution is -2.50. The Bertz CT molecular complexity index is 1500. The molecular weight excluding hydrogens is 554 g/mol. The number of pyridine rings is 1. The average Bonchev–Trinajstić information content (AvgIpc) is 2.95. The van der Waals surface area contributed by atoms with Gasteiger partial charge < -0.3 is 24.8 Å². The van der Waals surface area contributed by atoms with E-state index in [1.807, 2.05) is 37.1 Å². The van der Waals surface area contributed by atoms with Crippen LogP contribution in [0.15, 0.2) is 53.5 Å². The topological polar surface area (TPSA) is 80.9 Å². The van der Waals surface area contributed by atoms with Crippen LogP contribution in [0.1, 0.15) is 28.4 Å². The number of nitrogens with zero attached hydrogens (tertiary/aromatic N) is 3. The molecular formula is C30H33F4N5O3. The molecule has 12 heteroatoms. The number of aromatic nitrogens is 1. The van der Waals surface area contributed by atoms with Crippen LogP contribution in [0.2, 0.25) is 0 Å². The first-order valence-electron chi connectivity index (χ1n) is 13.8. The highest BCUT2D eigenvalue weighted by Gasteiger charge is 2.36. The van der Waals surface area contributed by atoms with Gasteiger partial charge in [0, 0.05) is 63.1 Å². The highest BCUT2D eigenvalue weighted by molar-refractivity contribution is 6.07. The molecule has 2 fully saturated rings. The number of piperazine rings is 1. The molecule has 0 bridgehead atoms. The van der Waals surface area contributed by atoms with Gasteiger partial charge in [-0.2, -0.15) is 13.2 Å². The Balaban J connectivity index is 1.53. The van der Waals surface area contributed by atoms with Crippen molar-refractivity contribution in [1.82, 2.24) is 14.8 Å². The molecule has 42 heavy (non-hydrogen) atoms. The second-order valence-corrected chi connectivity index (χ2v) is 10.8. The zero-order valence-electron chi connectivity index (χ0n) is 23.4. The maximum absolute atomic E-state index is 15.8. The number of carbonyl (C=O) groups excluding carboxylic acids is 1. The standard InChI is InChI=1S/C30H33F4N5O3/c1-19-17-39(7-6-37(19)2)27-15-25(31)22(21-5-3-4-20(12-21)18-38-8-10-42-11-9-38)13-26(27)36-29(41)23-16-35-28(40)14-24(23)30(32,33)34/h3-5,12-16,19H,6-11,17-18H2,1-2H3,(H,35,40)(H,36,41). The highest BCUT2D eigenvalue weighted by atomic mass is 19.4. The molecule has 3 heterocycles. The Hall–Kier alpha value is -3.74. The third kappa shape index (κ3) is 6.66. The SMILES string of the molecule is CC1CN(c2cc(F)c(-c3cccc(CN4CCOCC4)c3)cc2NC(=O)c2c[nH]c(=O)cc2C(F)(F)F)CCN1C. The van der Waals surface area contributed by atoms with E-state index < -0.39 is 34.6 Å². The number of rotatable bonds is 6. The Morgan fingerprint density at radius 3 is 2.57 bits per heavy atom. The van der Waals surface area contributed by atoms with Gasteiger partial charge in [-0.1, -0.05) is 18.2 Å².